The molecular weight excluding hydrogens is 611 g/mol. The molecule has 9 nitrogen and oxygen atoms in total. The first-order valence-corrected chi connectivity index (χ1v) is 17.6. The largest absolute Gasteiger partial charge is 0.491 e. The summed E-state index contributed by atoms with van der Waals surface area (Å²) in [4.78, 5) is 23.8. The van der Waals surface area contributed by atoms with Crippen LogP contribution in [0, 0.1) is 13.8 Å². The molecule has 2 aromatic carbocycles. The minimum Gasteiger partial charge on any atom is -0.491 e. The van der Waals surface area contributed by atoms with Crippen molar-refractivity contribution in [1.29, 1.82) is 0 Å². The Balaban J connectivity index is 1.27. The number of carbonyl (C=O) groups excluding carboxylic acids is 1. The average Bonchev–Trinajstić information content (AvgIpc) is 3.39. The van der Waals surface area contributed by atoms with Crippen molar-refractivity contribution in [3.63, 3.8) is 0 Å². The van der Waals surface area contributed by atoms with E-state index in [4.69, 9.17) is 4.74 Å². The van der Waals surface area contributed by atoms with Crippen molar-refractivity contribution in [2.45, 2.75) is 31.9 Å². The maximum absolute atomic E-state index is 14.7. The lowest BCUT2D eigenvalue weighted by atomic mass is 9.90. The average molecular weight is 652 g/mol. The van der Waals surface area contributed by atoms with Crippen LogP contribution >= 0.6 is 0 Å². The lowest BCUT2D eigenvalue weighted by Gasteiger charge is -2.36. The van der Waals surface area contributed by atoms with Gasteiger partial charge in [0.05, 0.1) is 12.1 Å². The molecule has 0 bridgehead atoms. The smallest absolute Gasteiger partial charge is 0.257 e. The highest BCUT2D eigenvalue weighted by molar-refractivity contribution is 7.91. The number of hydrogen-bond donors (Lipinski definition) is 0. The van der Waals surface area contributed by atoms with Gasteiger partial charge in [-0.25, -0.2) is 17.4 Å². The molecule has 1 aliphatic carbocycles. The maximum atomic E-state index is 14.7. The summed E-state index contributed by atoms with van der Waals surface area (Å²) in [5.74, 6) is 0.390. The molecule has 1 amide bonds. The number of fused-ring (bicyclic) bond motifs is 2. The predicted octanol–water partition coefficient (Wildman–Crippen LogP) is 5.52. The molecule has 0 spiro atoms. The third-order valence-electron chi connectivity index (χ3n) is 9.86. The normalized spacial score (nSPS) is 20.6. The van der Waals surface area contributed by atoms with Gasteiger partial charge in [0.15, 0.2) is 5.65 Å². The topological polar surface area (TPSA) is 88.0 Å². The molecule has 1 saturated heterocycles. The number of aromatic nitrogens is 2. The highest BCUT2D eigenvalue weighted by Crippen LogP contribution is 2.40. The van der Waals surface area contributed by atoms with Crippen molar-refractivity contribution < 1.29 is 17.9 Å². The Morgan fingerprint density at radius 2 is 1.66 bits per heavy atom. The van der Waals surface area contributed by atoms with Crippen LogP contribution in [0.25, 0.3) is 27.7 Å². The molecule has 7 rings (SSSR count). The van der Waals surface area contributed by atoms with Crippen LogP contribution in [-0.4, -0.2) is 91.3 Å². The molecule has 0 saturated carbocycles. The van der Waals surface area contributed by atoms with Crippen LogP contribution in [0.1, 0.15) is 40.4 Å². The van der Waals surface area contributed by atoms with Gasteiger partial charge in [-0.3, -0.25) is 4.79 Å². The molecule has 1 atom stereocenters. The number of piperazine rings is 1. The summed E-state index contributed by atoms with van der Waals surface area (Å²) in [5.41, 5.74) is 7.87. The van der Waals surface area contributed by atoms with E-state index in [1.54, 1.807) is 43.4 Å². The Kier molecular flexibility index (Phi) is 7.75. The minimum absolute atomic E-state index is 0.101. The number of amides is 1. The zero-order valence-electron chi connectivity index (χ0n) is 27.7. The summed E-state index contributed by atoms with van der Waals surface area (Å²) in [5, 5.41) is 0.706. The standard InChI is InChI=1S/C37H41N5O4S/c1-25-20-29(21-26(2)34(25)41-16-14-39(4)15-17-41)28-8-6-12-37(3,23-28)47(44,45)42-24-32(30-9-7-13-38-35(30)42)27-10-11-31-33(22-27)46-19-18-40(5)36(31)43/h6-11,13,20-24H,12,14-19H2,1-5H3. The Bertz CT molecular complexity index is 2050. The number of anilines is 1. The quantitative estimate of drug-likeness (QED) is 0.281. The molecule has 4 heterocycles. The zero-order chi connectivity index (χ0) is 33.1. The highest BCUT2D eigenvalue weighted by Gasteiger charge is 2.41. The molecule has 0 radical (unpaired) electrons. The number of carbonyl (C=O) groups is 1. The van der Waals surface area contributed by atoms with E-state index in [1.165, 1.54) is 20.8 Å². The van der Waals surface area contributed by atoms with Gasteiger partial charge in [0.25, 0.3) is 5.91 Å². The summed E-state index contributed by atoms with van der Waals surface area (Å²) in [7, 11) is -0.0696. The maximum Gasteiger partial charge on any atom is 0.257 e. The van der Waals surface area contributed by atoms with Gasteiger partial charge in [0.1, 0.15) is 17.1 Å². The number of nitrogens with zero attached hydrogens (tertiary/aromatic N) is 5. The van der Waals surface area contributed by atoms with Crippen LogP contribution in [0.15, 0.2) is 73.1 Å². The van der Waals surface area contributed by atoms with Crippen molar-refractivity contribution in [1.82, 2.24) is 18.8 Å². The fraction of sp³-hybridized carbons (Fsp3) is 0.351. The zero-order valence-corrected chi connectivity index (χ0v) is 28.5. The van der Waals surface area contributed by atoms with Gasteiger partial charge in [0.2, 0.25) is 10.0 Å². The molecule has 4 aromatic rings. The molecule has 1 unspecified atom stereocenters. The highest BCUT2D eigenvalue weighted by atomic mass is 32.2. The number of likely N-dealkylation sites (N-methyl/N-ethyl adjacent to an activating group) is 2. The number of aryl methyl sites for hydroxylation is 2. The van der Waals surface area contributed by atoms with Crippen LogP contribution in [-0.2, 0) is 10.0 Å². The van der Waals surface area contributed by atoms with Crippen LogP contribution in [0.2, 0.25) is 0 Å². The van der Waals surface area contributed by atoms with Crippen LogP contribution in [0.4, 0.5) is 5.69 Å². The van der Waals surface area contributed by atoms with E-state index in [9.17, 15) is 13.2 Å². The van der Waals surface area contributed by atoms with E-state index in [-0.39, 0.29) is 5.91 Å². The van der Waals surface area contributed by atoms with E-state index < -0.39 is 14.8 Å². The summed E-state index contributed by atoms with van der Waals surface area (Å²) in [6, 6.07) is 13.5. The fourth-order valence-corrected chi connectivity index (χ4v) is 8.77. The second-order valence-corrected chi connectivity index (χ2v) is 15.5. The first-order valence-electron chi connectivity index (χ1n) is 16.2. The molecule has 47 heavy (non-hydrogen) atoms. The molecule has 0 N–H and O–H groups in total. The summed E-state index contributed by atoms with van der Waals surface area (Å²) >= 11 is 0. The second kappa shape index (κ2) is 11.7. The Labute approximate surface area is 276 Å². The van der Waals surface area contributed by atoms with Gasteiger partial charge in [-0.1, -0.05) is 24.3 Å². The lowest BCUT2D eigenvalue weighted by Crippen LogP contribution is -2.45. The van der Waals surface area contributed by atoms with Gasteiger partial charge in [-0.05, 0) is 98.5 Å². The predicted molar refractivity (Wildman–Crippen MR) is 188 cm³/mol. The fourth-order valence-electron chi connectivity index (χ4n) is 7.12. The molecule has 3 aliphatic rings. The molecule has 2 aromatic heterocycles. The second-order valence-electron chi connectivity index (χ2n) is 13.3. The summed E-state index contributed by atoms with van der Waals surface area (Å²) < 4.78 is 35.4. The molecule has 10 heteroatoms. The van der Waals surface area contributed by atoms with Crippen LogP contribution in [0.3, 0.4) is 0 Å². The van der Waals surface area contributed by atoms with Crippen molar-refractivity contribution >= 4 is 38.2 Å². The number of rotatable bonds is 5. The Morgan fingerprint density at radius 3 is 2.40 bits per heavy atom. The number of benzene rings is 2. The van der Waals surface area contributed by atoms with Crippen molar-refractivity contribution in [3.8, 4) is 16.9 Å². The number of hydrogen-bond acceptors (Lipinski definition) is 7. The van der Waals surface area contributed by atoms with Gasteiger partial charge in [-0.2, -0.15) is 0 Å². The van der Waals surface area contributed by atoms with E-state index in [0.29, 0.717) is 47.5 Å². The van der Waals surface area contributed by atoms with Gasteiger partial charge >= 0.3 is 0 Å². The number of ether oxygens (including phenoxy) is 1. The van der Waals surface area contributed by atoms with Crippen LogP contribution in [0.5, 0.6) is 5.75 Å². The van der Waals surface area contributed by atoms with Gasteiger partial charge < -0.3 is 19.4 Å². The minimum atomic E-state index is -3.98. The summed E-state index contributed by atoms with van der Waals surface area (Å²) in [6.45, 7) is 11.0. The Hall–Kier alpha value is -4.41. The molecule has 1 fully saturated rings. The third kappa shape index (κ3) is 5.33. The number of allylic oxidation sites excluding steroid dienone is 3. The molecular formula is C37H41N5O4S. The number of pyridine rings is 1. The molecule has 2 aliphatic heterocycles. The van der Waals surface area contributed by atoms with E-state index in [2.05, 4.69) is 47.8 Å². The monoisotopic (exact) mass is 651 g/mol. The van der Waals surface area contributed by atoms with Crippen LogP contribution < -0.4 is 9.64 Å². The van der Waals surface area contributed by atoms with E-state index >= 15 is 0 Å². The summed E-state index contributed by atoms with van der Waals surface area (Å²) in [6.07, 6.45) is 9.51. The van der Waals surface area contributed by atoms with Crippen molar-refractivity contribution in [2.75, 3.05) is 58.3 Å². The SMILES string of the molecule is Cc1cc(C2=CC(C)(S(=O)(=O)n3cc(-c4ccc5c(c4)OCCN(C)C5=O)c4cccnc43)CC=C2)cc(C)c1N1CCN(C)CC1. The van der Waals surface area contributed by atoms with E-state index in [1.807, 2.05) is 36.4 Å². The lowest BCUT2D eigenvalue weighted by molar-refractivity contribution is 0.0796. The third-order valence-corrected chi connectivity index (χ3v) is 12.1. The first kappa shape index (κ1) is 31.2. The first-order chi connectivity index (χ1) is 22.5. The van der Waals surface area contributed by atoms with E-state index in [0.717, 1.165) is 42.9 Å². The van der Waals surface area contributed by atoms with Gasteiger partial charge in [0, 0.05) is 62.3 Å². The Morgan fingerprint density at radius 1 is 0.915 bits per heavy atom. The van der Waals surface area contributed by atoms with Crippen molar-refractivity contribution in [2.24, 2.45) is 0 Å². The molecule has 244 valence electrons. The van der Waals surface area contributed by atoms with Crippen molar-refractivity contribution in [3.05, 3.63) is 95.3 Å². The van der Waals surface area contributed by atoms with Gasteiger partial charge in [-0.15, -0.1) is 0 Å².